The van der Waals surface area contributed by atoms with Crippen LogP contribution in [-0.2, 0) is 0 Å². The Morgan fingerprint density at radius 2 is 2.32 bits per heavy atom. The molecule has 2 unspecified atom stereocenters. The second-order valence-corrected chi connectivity index (χ2v) is 7.55. The molecule has 2 atom stereocenters. The Balaban J connectivity index is 1.96. The predicted octanol–water partition coefficient (Wildman–Crippen LogP) is 4.51. The van der Waals surface area contributed by atoms with Gasteiger partial charge in [0.15, 0.2) is 0 Å². The van der Waals surface area contributed by atoms with Gasteiger partial charge in [-0.15, -0.1) is 0 Å². The number of thioether (sulfide) groups is 1. The van der Waals surface area contributed by atoms with Crippen LogP contribution in [0.4, 0.5) is 0 Å². The van der Waals surface area contributed by atoms with Crippen molar-refractivity contribution in [1.82, 2.24) is 5.32 Å². The van der Waals surface area contributed by atoms with Crippen molar-refractivity contribution in [3.05, 3.63) is 33.3 Å². The summed E-state index contributed by atoms with van der Waals surface area (Å²) in [6, 6.07) is 5.57. The molecule has 19 heavy (non-hydrogen) atoms. The third-order valence-electron chi connectivity index (χ3n) is 3.30. The van der Waals surface area contributed by atoms with E-state index in [9.17, 15) is 4.79 Å². The fourth-order valence-corrected chi connectivity index (χ4v) is 4.13. The van der Waals surface area contributed by atoms with Gasteiger partial charge in [-0.05, 0) is 59.1 Å². The van der Waals surface area contributed by atoms with Gasteiger partial charge in [0.25, 0.3) is 5.91 Å². The van der Waals surface area contributed by atoms with E-state index in [2.05, 4.69) is 28.2 Å². The molecule has 1 amide bonds. The fraction of sp³-hybridized carbons (Fsp3) is 0.500. The highest BCUT2D eigenvalue weighted by Gasteiger charge is 2.26. The molecule has 1 aliphatic rings. The second-order valence-electron chi connectivity index (χ2n) is 4.68. The summed E-state index contributed by atoms with van der Waals surface area (Å²) in [5, 5.41) is 4.39. The molecule has 2 nitrogen and oxygen atoms in total. The van der Waals surface area contributed by atoms with Crippen molar-refractivity contribution in [3.8, 4) is 0 Å². The Morgan fingerprint density at radius 3 is 3.05 bits per heavy atom. The number of carbonyl (C=O) groups excluding carboxylic acids is 1. The number of hydrogen-bond acceptors (Lipinski definition) is 2. The van der Waals surface area contributed by atoms with Crippen LogP contribution in [0, 0.1) is 0 Å². The minimum Gasteiger partial charge on any atom is -0.349 e. The molecule has 1 saturated carbocycles. The van der Waals surface area contributed by atoms with Crippen LogP contribution in [-0.4, -0.2) is 23.0 Å². The topological polar surface area (TPSA) is 29.1 Å². The first-order chi connectivity index (χ1) is 9.10. The molecule has 1 fully saturated rings. The van der Waals surface area contributed by atoms with E-state index in [1.807, 2.05) is 17.8 Å². The van der Waals surface area contributed by atoms with Crippen LogP contribution in [0.5, 0.6) is 0 Å². The van der Waals surface area contributed by atoms with Gasteiger partial charge in [-0.3, -0.25) is 4.79 Å². The maximum absolute atomic E-state index is 12.2. The van der Waals surface area contributed by atoms with Gasteiger partial charge in [0.05, 0.1) is 5.56 Å². The van der Waals surface area contributed by atoms with Gasteiger partial charge in [0.1, 0.15) is 0 Å². The molecular formula is C14H17BrClNOS. The molecule has 0 spiro atoms. The number of carbonyl (C=O) groups is 1. The molecule has 1 N–H and O–H groups in total. The zero-order chi connectivity index (χ0) is 13.8. The molecule has 2 rings (SSSR count). The quantitative estimate of drug-likeness (QED) is 0.854. The van der Waals surface area contributed by atoms with E-state index in [1.165, 1.54) is 6.42 Å². The standard InChI is InChI=1S/C14H17BrClNOS/c1-2-19-11-5-4-10(8-11)17-14(18)12-7-9(16)3-6-13(12)15/h3,6-7,10-11H,2,4-5,8H2,1H3,(H,17,18). The lowest BCUT2D eigenvalue weighted by molar-refractivity contribution is 0.0937. The van der Waals surface area contributed by atoms with E-state index >= 15 is 0 Å². The molecule has 104 valence electrons. The summed E-state index contributed by atoms with van der Waals surface area (Å²) < 4.78 is 0.784. The first kappa shape index (κ1) is 15.2. The maximum atomic E-state index is 12.2. The van der Waals surface area contributed by atoms with Crippen molar-refractivity contribution in [2.24, 2.45) is 0 Å². The summed E-state index contributed by atoms with van der Waals surface area (Å²) >= 11 is 11.3. The summed E-state index contributed by atoms with van der Waals surface area (Å²) in [5.41, 5.74) is 0.610. The Morgan fingerprint density at radius 1 is 1.53 bits per heavy atom. The van der Waals surface area contributed by atoms with Crippen LogP contribution in [0.25, 0.3) is 0 Å². The Labute approximate surface area is 131 Å². The van der Waals surface area contributed by atoms with Crippen molar-refractivity contribution < 1.29 is 4.79 Å². The third kappa shape index (κ3) is 4.14. The SMILES string of the molecule is CCSC1CCC(NC(=O)c2cc(Cl)ccc2Br)C1. The summed E-state index contributed by atoms with van der Waals surface area (Å²) in [4.78, 5) is 12.2. The number of halogens is 2. The van der Waals surface area contributed by atoms with Crippen LogP contribution in [0.3, 0.4) is 0 Å². The highest BCUT2D eigenvalue weighted by molar-refractivity contribution is 9.10. The normalized spacial score (nSPS) is 22.5. The average Bonchev–Trinajstić information content (AvgIpc) is 2.80. The van der Waals surface area contributed by atoms with Crippen molar-refractivity contribution >= 4 is 45.2 Å². The van der Waals surface area contributed by atoms with Crippen molar-refractivity contribution in [2.75, 3.05) is 5.75 Å². The smallest absolute Gasteiger partial charge is 0.252 e. The fourth-order valence-electron chi connectivity index (χ4n) is 2.39. The molecule has 5 heteroatoms. The predicted molar refractivity (Wildman–Crippen MR) is 86.2 cm³/mol. The summed E-state index contributed by atoms with van der Waals surface area (Å²) in [6.45, 7) is 2.18. The van der Waals surface area contributed by atoms with Gasteiger partial charge in [-0.2, -0.15) is 11.8 Å². The van der Waals surface area contributed by atoms with Gasteiger partial charge < -0.3 is 5.32 Å². The number of nitrogens with one attached hydrogen (secondary N) is 1. The Bertz CT molecular complexity index is 469. The van der Waals surface area contributed by atoms with Crippen molar-refractivity contribution in [1.29, 1.82) is 0 Å². The lowest BCUT2D eigenvalue weighted by Gasteiger charge is -2.14. The van der Waals surface area contributed by atoms with E-state index in [-0.39, 0.29) is 5.91 Å². The molecule has 0 bridgehead atoms. The number of benzene rings is 1. The molecule has 1 aliphatic carbocycles. The average molecular weight is 363 g/mol. The molecule has 1 aromatic rings. The Hall–Kier alpha value is -0.190. The van der Waals surface area contributed by atoms with E-state index < -0.39 is 0 Å². The van der Waals surface area contributed by atoms with Crippen LogP contribution in [0.1, 0.15) is 36.5 Å². The zero-order valence-electron chi connectivity index (χ0n) is 10.8. The van der Waals surface area contributed by atoms with Gasteiger partial charge in [-0.25, -0.2) is 0 Å². The highest BCUT2D eigenvalue weighted by Crippen LogP contribution is 2.30. The van der Waals surface area contributed by atoms with Crippen molar-refractivity contribution in [2.45, 2.75) is 37.5 Å². The molecule has 0 aliphatic heterocycles. The minimum absolute atomic E-state index is 0.0403. The second kappa shape index (κ2) is 7.00. The monoisotopic (exact) mass is 361 g/mol. The Kier molecular flexibility index (Phi) is 5.60. The van der Waals surface area contributed by atoms with Crippen LogP contribution < -0.4 is 5.32 Å². The van der Waals surface area contributed by atoms with Gasteiger partial charge >= 0.3 is 0 Å². The number of rotatable bonds is 4. The van der Waals surface area contributed by atoms with Crippen LogP contribution in [0.2, 0.25) is 5.02 Å². The van der Waals surface area contributed by atoms with Gasteiger partial charge in [0.2, 0.25) is 0 Å². The largest absolute Gasteiger partial charge is 0.349 e. The molecule has 0 aromatic heterocycles. The third-order valence-corrected chi connectivity index (χ3v) is 5.45. The molecule has 0 saturated heterocycles. The van der Waals surface area contributed by atoms with E-state index in [1.54, 1.807) is 12.1 Å². The zero-order valence-corrected chi connectivity index (χ0v) is 13.9. The molecule has 0 radical (unpaired) electrons. The van der Waals surface area contributed by atoms with E-state index in [0.29, 0.717) is 21.9 Å². The minimum atomic E-state index is -0.0403. The van der Waals surface area contributed by atoms with Crippen molar-refractivity contribution in [3.63, 3.8) is 0 Å². The van der Waals surface area contributed by atoms with Gasteiger partial charge in [-0.1, -0.05) is 18.5 Å². The molecule has 1 aromatic carbocycles. The maximum Gasteiger partial charge on any atom is 0.252 e. The summed E-state index contributed by atoms with van der Waals surface area (Å²) in [5.74, 6) is 1.10. The lowest BCUT2D eigenvalue weighted by atomic mass is 10.2. The lowest BCUT2D eigenvalue weighted by Crippen LogP contribution is -2.33. The number of hydrogen-bond donors (Lipinski definition) is 1. The first-order valence-electron chi connectivity index (χ1n) is 6.47. The molecule has 0 heterocycles. The van der Waals surface area contributed by atoms with Gasteiger partial charge in [0, 0.05) is 20.8 Å². The van der Waals surface area contributed by atoms with E-state index in [4.69, 9.17) is 11.6 Å². The first-order valence-corrected chi connectivity index (χ1v) is 8.69. The number of amides is 1. The van der Waals surface area contributed by atoms with E-state index in [0.717, 1.165) is 23.1 Å². The van der Waals surface area contributed by atoms with Crippen LogP contribution >= 0.6 is 39.3 Å². The summed E-state index contributed by atoms with van der Waals surface area (Å²) in [7, 11) is 0. The molecular weight excluding hydrogens is 346 g/mol. The van der Waals surface area contributed by atoms with Crippen LogP contribution in [0.15, 0.2) is 22.7 Å². The highest BCUT2D eigenvalue weighted by atomic mass is 79.9. The summed E-state index contributed by atoms with van der Waals surface area (Å²) in [6.07, 6.45) is 3.34.